The zero-order valence-electron chi connectivity index (χ0n) is 21.5. The van der Waals surface area contributed by atoms with Gasteiger partial charge in [0.05, 0.1) is 11.1 Å². The predicted molar refractivity (Wildman–Crippen MR) is 137 cm³/mol. The van der Waals surface area contributed by atoms with Crippen LogP contribution in [0.2, 0.25) is 0 Å². The molecule has 196 valence electrons. The highest BCUT2D eigenvalue weighted by molar-refractivity contribution is 6.24. The van der Waals surface area contributed by atoms with Crippen molar-refractivity contribution >= 4 is 23.6 Å². The van der Waals surface area contributed by atoms with Gasteiger partial charge in [0.15, 0.2) is 0 Å². The van der Waals surface area contributed by atoms with E-state index in [1.54, 1.807) is 6.07 Å². The van der Waals surface area contributed by atoms with Gasteiger partial charge in [0.25, 0.3) is 11.8 Å². The number of nitrogens with zero attached hydrogens (tertiary/aromatic N) is 1. The molecule has 0 radical (unpaired) electrons. The predicted octanol–water partition coefficient (Wildman–Crippen LogP) is 3.75. The number of fused-ring (bicyclic) bond motifs is 1. The molecule has 4 aliphatic carbocycles. The van der Waals surface area contributed by atoms with E-state index in [1.807, 2.05) is 12.1 Å². The van der Waals surface area contributed by atoms with E-state index in [2.05, 4.69) is 10.6 Å². The minimum absolute atomic E-state index is 0.135. The second-order valence-corrected chi connectivity index (χ2v) is 12.6. The third kappa shape index (κ3) is 3.15. The molecule has 0 bridgehead atoms. The topological polar surface area (TPSA) is 95.6 Å². The Morgan fingerprint density at radius 1 is 0.892 bits per heavy atom. The number of rotatable bonds is 11. The molecule has 7 rings (SSSR count). The van der Waals surface area contributed by atoms with Gasteiger partial charge in [-0.15, -0.1) is 0 Å². The fourth-order valence-electron chi connectivity index (χ4n) is 9.50. The molecule has 1 saturated heterocycles. The van der Waals surface area contributed by atoms with E-state index in [0.29, 0.717) is 16.7 Å². The normalized spacial score (nSPS) is 36.5. The lowest BCUT2D eigenvalue weighted by molar-refractivity contribution is -0.397. The van der Waals surface area contributed by atoms with Crippen molar-refractivity contribution in [3.63, 3.8) is 0 Å². The summed E-state index contributed by atoms with van der Waals surface area (Å²) >= 11 is 0. The summed E-state index contributed by atoms with van der Waals surface area (Å²) in [5.74, 6) is 1.45. The maximum Gasteiger partial charge on any atom is 0.262 e. The molecule has 7 heteroatoms. The molecule has 1 aromatic rings. The number of hydrogen-bond donors (Lipinski definition) is 2. The first-order valence-corrected chi connectivity index (χ1v) is 14.5. The molecule has 4 saturated carbocycles. The molecule has 2 aliphatic heterocycles. The van der Waals surface area contributed by atoms with Crippen molar-refractivity contribution in [2.75, 3.05) is 6.54 Å². The van der Waals surface area contributed by atoms with Crippen molar-refractivity contribution in [2.45, 2.75) is 95.1 Å². The van der Waals surface area contributed by atoms with Gasteiger partial charge in [0.2, 0.25) is 11.8 Å². The first-order chi connectivity index (χ1) is 18.0. The third-order valence-corrected chi connectivity index (χ3v) is 11.1. The SMILES string of the molecule is O=C1CCC(N2C(=O)c3cccc(CCCCCCCCNC45CC6CC7CC(C4)C765)c3C2=O)C(=O)N1. The third-order valence-electron chi connectivity index (χ3n) is 11.1. The summed E-state index contributed by atoms with van der Waals surface area (Å²) in [6.07, 6.45) is 14.0. The largest absolute Gasteiger partial charge is 0.311 e. The molecule has 3 atom stereocenters. The molecule has 1 spiro atoms. The van der Waals surface area contributed by atoms with Gasteiger partial charge in [-0.05, 0) is 92.7 Å². The number of carbonyl (C=O) groups excluding carboxylic acids is 4. The van der Waals surface area contributed by atoms with Gasteiger partial charge in [-0.2, -0.15) is 0 Å². The number of unbranched alkanes of at least 4 members (excludes halogenated alkanes) is 5. The fraction of sp³-hybridized carbons (Fsp3) is 0.667. The maximum absolute atomic E-state index is 13.2. The van der Waals surface area contributed by atoms with Gasteiger partial charge in [0.1, 0.15) is 6.04 Å². The van der Waals surface area contributed by atoms with Crippen molar-refractivity contribution in [1.29, 1.82) is 0 Å². The van der Waals surface area contributed by atoms with Crippen LogP contribution in [-0.2, 0) is 16.0 Å². The highest BCUT2D eigenvalue weighted by Crippen LogP contribution is 2.89. The molecule has 0 aromatic heterocycles. The minimum atomic E-state index is -0.910. The Kier molecular flexibility index (Phi) is 5.40. The number of amides is 4. The van der Waals surface area contributed by atoms with E-state index < -0.39 is 23.8 Å². The smallest absolute Gasteiger partial charge is 0.262 e. The molecule has 1 aromatic carbocycles. The number of piperidine rings is 1. The number of hydrogen-bond acceptors (Lipinski definition) is 5. The van der Waals surface area contributed by atoms with E-state index >= 15 is 0 Å². The zero-order valence-corrected chi connectivity index (χ0v) is 21.5. The van der Waals surface area contributed by atoms with E-state index in [-0.39, 0.29) is 18.7 Å². The van der Waals surface area contributed by atoms with Crippen molar-refractivity contribution in [3.05, 3.63) is 34.9 Å². The molecule has 37 heavy (non-hydrogen) atoms. The van der Waals surface area contributed by atoms with Crippen molar-refractivity contribution in [1.82, 2.24) is 15.5 Å². The van der Waals surface area contributed by atoms with Crippen LogP contribution >= 0.6 is 0 Å². The van der Waals surface area contributed by atoms with Crippen molar-refractivity contribution < 1.29 is 19.2 Å². The van der Waals surface area contributed by atoms with Gasteiger partial charge < -0.3 is 5.32 Å². The molecule has 2 N–H and O–H groups in total. The Hall–Kier alpha value is -2.54. The standard InChI is InChI=1S/C30H37N3O4/c34-24-12-11-23(26(35)32-24)33-27(36)22-10-7-9-18(25(22)28(33)37)8-5-3-1-2-4-6-13-31-29-16-20-14-19-15-21(17-29)30(19,20)29/h7,9-10,19-21,23,31H,1-6,8,11-17H2,(H,32,34,35). The van der Waals surface area contributed by atoms with Crippen LogP contribution in [0.5, 0.6) is 0 Å². The molecule has 4 amide bonds. The fourth-order valence-corrected chi connectivity index (χ4v) is 9.50. The highest BCUT2D eigenvalue weighted by atomic mass is 16.2. The summed E-state index contributed by atoms with van der Waals surface area (Å²) in [7, 11) is 0. The van der Waals surface area contributed by atoms with Crippen LogP contribution in [-0.4, -0.2) is 46.7 Å². The minimum Gasteiger partial charge on any atom is -0.311 e. The summed E-state index contributed by atoms with van der Waals surface area (Å²) in [6, 6.07) is 4.51. The summed E-state index contributed by atoms with van der Waals surface area (Å²) < 4.78 is 0. The lowest BCUT2D eigenvalue weighted by atomic mass is 9.15. The molecule has 5 fully saturated rings. The summed E-state index contributed by atoms with van der Waals surface area (Å²) in [4.78, 5) is 51.1. The Balaban J connectivity index is 0.845. The first-order valence-electron chi connectivity index (χ1n) is 14.5. The number of imide groups is 2. The summed E-state index contributed by atoms with van der Waals surface area (Å²) in [6.45, 7) is 1.17. The van der Waals surface area contributed by atoms with Crippen molar-refractivity contribution in [2.24, 2.45) is 23.2 Å². The van der Waals surface area contributed by atoms with Gasteiger partial charge in [-0.3, -0.25) is 29.4 Å². The quantitative estimate of drug-likeness (QED) is 0.354. The lowest BCUT2D eigenvalue weighted by Crippen LogP contribution is -2.92. The average Bonchev–Trinajstić information content (AvgIpc) is 3.08. The van der Waals surface area contributed by atoms with Crippen LogP contribution in [0.25, 0.3) is 0 Å². The second kappa shape index (κ2) is 8.48. The monoisotopic (exact) mass is 503 g/mol. The Bertz CT molecular complexity index is 1170. The van der Waals surface area contributed by atoms with Crippen LogP contribution in [0.15, 0.2) is 18.2 Å². The van der Waals surface area contributed by atoms with Crippen LogP contribution in [0, 0.1) is 23.2 Å². The van der Waals surface area contributed by atoms with Gasteiger partial charge in [-0.25, -0.2) is 0 Å². The van der Waals surface area contributed by atoms with Crippen LogP contribution in [0.4, 0.5) is 0 Å². The van der Waals surface area contributed by atoms with E-state index in [4.69, 9.17) is 0 Å². The number of aryl methyl sites for hydroxylation is 1. The molecular weight excluding hydrogens is 466 g/mol. The molecule has 6 aliphatic rings. The molecule has 7 nitrogen and oxygen atoms in total. The highest BCUT2D eigenvalue weighted by Gasteiger charge is 2.87. The number of benzene rings is 1. The van der Waals surface area contributed by atoms with E-state index in [1.165, 1.54) is 57.9 Å². The molecule has 3 unspecified atom stereocenters. The van der Waals surface area contributed by atoms with Crippen LogP contribution in [0.3, 0.4) is 0 Å². The first kappa shape index (κ1) is 23.6. The maximum atomic E-state index is 13.2. The van der Waals surface area contributed by atoms with Gasteiger partial charge in [0, 0.05) is 12.0 Å². The molecule has 2 heterocycles. The van der Waals surface area contributed by atoms with Crippen LogP contribution in [0.1, 0.15) is 103 Å². The Morgan fingerprint density at radius 3 is 2.32 bits per heavy atom. The van der Waals surface area contributed by atoms with Crippen molar-refractivity contribution in [3.8, 4) is 0 Å². The zero-order chi connectivity index (χ0) is 25.4. The average molecular weight is 504 g/mol. The number of nitrogens with one attached hydrogen (secondary N) is 2. The summed E-state index contributed by atoms with van der Waals surface area (Å²) in [5, 5.41) is 6.25. The molecular formula is C30H37N3O4. The Labute approximate surface area is 218 Å². The van der Waals surface area contributed by atoms with Gasteiger partial charge in [-0.1, -0.05) is 37.8 Å². The van der Waals surface area contributed by atoms with E-state index in [9.17, 15) is 19.2 Å². The number of carbonyl (C=O) groups is 4. The Morgan fingerprint density at radius 2 is 1.62 bits per heavy atom. The second-order valence-electron chi connectivity index (χ2n) is 12.6. The lowest BCUT2D eigenvalue weighted by Gasteiger charge is -2.91. The van der Waals surface area contributed by atoms with E-state index in [0.717, 1.165) is 52.9 Å². The summed E-state index contributed by atoms with van der Waals surface area (Å²) in [5.41, 5.74) is 3.03. The van der Waals surface area contributed by atoms with Crippen LogP contribution < -0.4 is 10.6 Å². The van der Waals surface area contributed by atoms with Gasteiger partial charge >= 0.3 is 0 Å².